The van der Waals surface area contributed by atoms with Gasteiger partial charge in [-0.15, -0.1) is 6.58 Å². The lowest BCUT2D eigenvalue weighted by Gasteiger charge is -2.61. The van der Waals surface area contributed by atoms with Crippen molar-refractivity contribution in [1.82, 2.24) is 0 Å². The zero-order chi connectivity index (χ0) is 20.1. The highest BCUT2D eigenvalue weighted by Gasteiger charge is 2.60. The minimum atomic E-state index is -0.0144. The number of aliphatic hydroxyl groups excluding tert-OH is 1. The van der Waals surface area contributed by atoms with Crippen LogP contribution in [0.5, 0.6) is 0 Å². The van der Waals surface area contributed by atoms with Crippen LogP contribution in [0.25, 0.3) is 0 Å². The van der Waals surface area contributed by atoms with E-state index in [0.717, 1.165) is 48.3 Å². The van der Waals surface area contributed by atoms with Gasteiger partial charge in [0.1, 0.15) is 0 Å². The summed E-state index contributed by atoms with van der Waals surface area (Å²) in [6.45, 7) is 14.2. The first kappa shape index (κ1) is 21.0. The predicted molar refractivity (Wildman–Crippen MR) is 119 cm³/mol. The zero-order valence-electron chi connectivity index (χ0n) is 19.2. The fourth-order valence-corrected chi connectivity index (χ4v) is 9.14. The van der Waals surface area contributed by atoms with Crippen LogP contribution < -0.4 is 0 Å². The number of hydrogen-bond donors (Lipinski definition) is 1. The average molecular weight is 387 g/mol. The maximum atomic E-state index is 10.2. The van der Waals surface area contributed by atoms with Crippen LogP contribution in [0.3, 0.4) is 0 Å². The van der Waals surface area contributed by atoms with Gasteiger partial charge in [-0.05, 0) is 124 Å². The Balaban J connectivity index is 1.47. The Bertz CT molecular complexity index is 581. The van der Waals surface area contributed by atoms with Crippen molar-refractivity contribution in [1.29, 1.82) is 0 Å². The summed E-state index contributed by atoms with van der Waals surface area (Å²) in [5.41, 5.74) is 2.47. The maximum Gasteiger partial charge on any atom is 0.0543 e. The second-order valence-electron chi connectivity index (χ2n) is 12.1. The summed E-state index contributed by atoms with van der Waals surface area (Å²) in [4.78, 5) is 0. The summed E-state index contributed by atoms with van der Waals surface area (Å²) in [7, 11) is 0. The fourth-order valence-electron chi connectivity index (χ4n) is 9.14. The highest BCUT2D eigenvalue weighted by molar-refractivity contribution is 5.09. The Hall–Kier alpha value is -0.300. The summed E-state index contributed by atoms with van der Waals surface area (Å²) in [5.74, 6) is 5.51. The highest BCUT2D eigenvalue weighted by Crippen LogP contribution is 2.68. The number of fused-ring (bicyclic) bond motifs is 5. The molecule has 0 bridgehead atoms. The topological polar surface area (TPSA) is 20.2 Å². The van der Waals surface area contributed by atoms with Crippen molar-refractivity contribution < 1.29 is 5.11 Å². The normalized spacial score (nSPS) is 49.0. The lowest BCUT2D eigenvalue weighted by Crippen LogP contribution is -2.54. The zero-order valence-corrected chi connectivity index (χ0v) is 19.2. The van der Waals surface area contributed by atoms with Gasteiger partial charge < -0.3 is 5.11 Å². The fraction of sp³-hybridized carbons (Fsp3) is 0.926. The Morgan fingerprint density at radius 3 is 2.46 bits per heavy atom. The lowest BCUT2D eigenvalue weighted by molar-refractivity contribution is -0.129. The van der Waals surface area contributed by atoms with Gasteiger partial charge in [0.15, 0.2) is 0 Å². The number of hydrogen-bond acceptors (Lipinski definition) is 1. The van der Waals surface area contributed by atoms with Gasteiger partial charge in [0.05, 0.1) is 6.10 Å². The number of rotatable bonds is 5. The molecule has 4 saturated carbocycles. The van der Waals surface area contributed by atoms with E-state index in [0.29, 0.717) is 10.8 Å². The molecule has 0 heterocycles. The van der Waals surface area contributed by atoms with E-state index in [1.807, 2.05) is 0 Å². The average Bonchev–Trinajstić information content (AvgIpc) is 2.99. The molecule has 0 aromatic rings. The molecule has 1 nitrogen and oxygen atoms in total. The van der Waals surface area contributed by atoms with Gasteiger partial charge in [-0.25, -0.2) is 0 Å². The van der Waals surface area contributed by atoms with Crippen molar-refractivity contribution >= 4 is 0 Å². The second kappa shape index (κ2) is 7.75. The summed E-state index contributed by atoms with van der Waals surface area (Å²) >= 11 is 0. The van der Waals surface area contributed by atoms with Gasteiger partial charge in [-0.3, -0.25) is 0 Å². The Morgan fingerprint density at radius 2 is 1.71 bits per heavy atom. The first-order chi connectivity index (χ1) is 13.3. The summed E-state index contributed by atoms with van der Waals surface area (Å²) in [5, 5.41) is 10.2. The van der Waals surface area contributed by atoms with Crippen molar-refractivity contribution in [2.75, 3.05) is 0 Å². The maximum absolute atomic E-state index is 10.2. The first-order valence-electron chi connectivity index (χ1n) is 12.6. The van der Waals surface area contributed by atoms with Crippen molar-refractivity contribution in [3.63, 3.8) is 0 Å². The minimum Gasteiger partial charge on any atom is -0.393 e. The Labute approximate surface area is 174 Å². The molecular formula is C27H46O. The number of allylic oxidation sites excluding steroid dienone is 1. The standard InChI is InChI=1S/C27H46O/c1-18(2)7-6-8-19(3)23-11-12-24-22-10-9-20-17-21(28)13-15-26(20,4)25(22)14-16-27(23,24)5/h19-25,28H,1,6-17H2,2-5H3/t19-,20?,21+,22+,23-,24+,25+,26+,27-/m1/s1. The van der Waals surface area contributed by atoms with Gasteiger partial charge in [-0.1, -0.05) is 32.8 Å². The SMILES string of the molecule is C=C(C)CCC[C@@H](C)[C@H]1CC[C@H]2[C@@H]3CCC4C[C@@H](O)CC[C@]4(C)[C@H]3CC[C@]12C. The van der Waals surface area contributed by atoms with Crippen LogP contribution in [0, 0.1) is 46.3 Å². The predicted octanol–water partition coefficient (Wildman–Crippen LogP) is 7.39. The third kappa shape index (κ3) is 3.42. The molecule has 160 valence electrons. The van der Waals surface area contributed by atoms with E-state index in [1.54, 1.807) is 0 Å². The molecule has 1 unspecified atom stereocenters. The molecule has 4 rings (SSSR count). The van der Waals surface area contributed by atoms with Crippen molar-refractivity contribution in [3.05, 3.63) is 12.2 Å². The van der Waals surface area contributed by atoms with Gasteiger partial charge in [0.25, 0.3) is 0 Å². The monoisotopic (exact) mass is 386 g/mol. The largest absolute Gasteiger partial charge is 0.393 e. The molecule has 1 heteroatoms. The smallest absolute Gasteiger partial charge is 0.0543 e. The summed E-state index contributed by atoms with van der Waals surface area (Å²) < 4.78 is 0. The third-order valence-electron chi connectivity index (χ3n) is 10.7. The van der Waals surface area contributed by atoms with Crippen molar-refractivity contribution in [2.45, 2.75) is 111 Å². The third-order valence-corrected chi connectivity index (χ3v) is 10.7. The molecule has 0 aromatic heterocycles. The molecule has 0 aromatic carbocycles. The van der Waals surface area contributed by atoms with Crippen LogP contribution in [0.2, 0.25) is 0 Å². The van der Waals surface area contributed by atoms with Gasteiger partial charge >= 0.3 is 0 Å². The van der Waals surface area contributed by atoms with E-state index in [1.165, 1.54) is 69.8 Å². The molecule has 0 saturated heterocycles. The minimum absolute atomic E-state index is 0.0144. The Morgan fingerprint density at radius 1 is 1.00 bits per heavy atom. The molecule has 0 spiro atoms. The van der Waals surface area contributed by atoms with Crippen LogP contribution in [0.4, 0.5) is 0 Å². The summed E-state index contributed by atoms with van der Waals surface area (Å²) in [6, 6.07) is 0. The molecular weight excluding hydrogens is 340 g/mol. The van der Waals surface area contributed by atoms with E-state index < -0.39 is 0 Å². The van der Waals surface area contributed by atoms with Crippen molar-refractivity contribution in [3.8, 4) is 0 Å². The highest BCUT2D eigenvalue weighted by atomic mass is 16.3. The lowest BCUT2D eigenvalue weighted by atomic mass is 9.44. The molecule has 4 fully saturated rings. The van der Waals surface area contributed by atoms with Crippen LogP contribution in [0.1, 0.15) is 105 Å². The van der Waals surface area contributed by atoms with E-state index in [2.05, 4.69) is 34.3 Å². The van der Waals surface area contributed by atoms with Gasteiger partial charge in [0.2, 0.25) is 0 Å². The van der Waals surface area contributed by atoms with Gasteiger partial charge in [0, 0.05) is 0 Å². The quantitative estimate of drug-likeness (QED) is 0.488. The molecule has 0 amide bonds. The van der Waals surface area contributed by atoms with E-state index in [-0.39, 0.29) is 6.10 Å². The molecule has 0 aliphatic heterocycles. The molecule has 28 heavy (non-hydrogen) atoms. The number of aliphatic hydroxyl groups is 1. The Kier molecular flexibility index (Phi) is 5.80. The van der Waals surface area contributed by atoms with Crippen molar-refractivity contribution in [2.24, 2.45) is 46.3 Å². The molecule has 1 N–H and O–H groups in total. The van der Waals surface area contributed by atoms with E-state index in [9.17, 15) is 5.11 Å². The van der Waals surface area contributed by atoms with Crippen LogP contribution in [-0.4, -0.2) is 11.2 Å². The molecule has 0 radical (unpaired) electrons. The second-order valence-corrected chi connectivity index (χ2v) is 12.1. The van der Waals surface area contributed by atoms with E-state index in [4.69, 9.17) is 0 Å². The summed E-state index contributed by atoms with van der Waals surface area (Å²) in [6.07, 6.45) is 16.1. The molecule has 4 aliphatic rings. The van der Waals surface area contributed by atoms with Crippen LogP contribution >= 0.6 is 0 Å². The first-order valence-corrected chi connectivity index (χ1v) is 12.6. The van der Waals surface area contributed by atoms with E-state index >= 15 is 0 Å². The molecule has 4 aliphatic carbocycles. The molecule has 9 atom stereocenters. The van der Waals surface area contributed by atoms with Crippen LogP contribution in [-0.2, 0) is 0 Å². The van der Waals surface area contributed by atoms with Crippen LogP contribution in [0.15, 0.2) is 12.2 Å². The van der Waals surface area contributed by atoms with Gasteiger partial charge in [-0.2, -0.15) is 0 Å².